The maximum absolute atomic E-state index is 9.02. The second-order valence-corrected chi connectivity index (χ2v) is 8.87. The van der Waals surface area contributed by atoms with Crippen molar-refractivity contribution in [3.8, 4) is 6.07 Å². The Kier molecular flexibility index (Phi) is 7.63. The van der Waals surface area contributed by atoms with E-state index in [1.165, 1.54) is 5.69 Å². The molecule has 0 atom stereocenters. The lowest BCUT2D eigenvalue weighted by Crippen LogP contribution is -2.36. The third kappa shape index (κ3) is 6.04. The SMILES string of the molecule is Cn1cccc1CN(CCc1cncn1Cc1ccc(C#N)cc1)C(=S)Nc1cccc(Cl)c1. The molecule has 0 bridgehead atoms. The fourth-order valence-corrected chi connectivity index (χ4v) is 4.17. The molecule has 0 unspecified atom stereocenters. The Bertz CT molecular complexity index is 1300. The average molecular weight is 489 g/mol. The Morgan fingerprint density at radius 2 is 1.97 bits per heavy atom. The van der Waals surface area contributed by atoms with Gasteiger partial charge < -0.3 is 19.4 Å². The molecular weight excluding hydrogens is 464 g/mol. The van der Waals surface area contributed by atoms with Crippen LogP contribution in [0.3, 0.4) is 0 Å². The number of benzene rings is 2. The van der Waals surface area contributed by atoms with E-state index in [2.05, 4.69) is 36.5 Å². The fourth-order valence-electron chi connectivity index (χ4n) is 3.71. The van der Waals surface area contributed by atoms with Gasteiger partial charge in [0.1, 0.15) is 0 Å². The molecule has 0 fully saturated rings. The van der Waals surface area contributed by atoms with Crippen molar-refractivity contribution in [2.24, 2.45) is 7.05 Å². The molecule has 0 spiro atoms. The molecule has 0 saturated carbocycles. The van der Waals surface area contributed by atoms with Gasteiger partial charge >= 0.3 is 0 Å². The molecule has 34 heavy (non-hydrogen) atoms. The maximum atomic E-state index is 9.02. The zero-order chi connectivity index (χ0) is 23.9. The van der Waals surface area contributed by atoms with Gasteiger partial charge in [0, 0.05) is 61.0 Å². The molecule has 0 aliphatic rings. The Morgan fingerprint density at radius 3 is 2.68 bits per heavy atom. The second kappa shape index (κ2) is 11.0. The summed E-state index contributed by atoms with van der Waals surface area (Å²) >= 11 is 11.9. The van der Waals surface area contributed by atoms with Crippen molar-refractivity contribution in [1.29, 1.82) is 5.26 Å². The topological polar surface area (TPSA) is 61.8 Å². The van der Waals surface area contributed by atoms with Gasteiger partial charge in [0.15, 0.2) is 5.11 Å². The first-order valence-electron chi connectivity index (χ1n) is 10.9. The summed E-state index contributed by atoms with van der Waals surface area (Å²) in [6.45, 7) is 2.10. The van der Waals surface area contributed by atoms with Crippen LogP contribution in [-0.2, 0) is 26.6 Å². The molecule has 8 heteroatoms. The summed E-state index contributed by atoms with van der Waals surface area (Å²) in [7, 11) is 2.04. The van der Waals surface area contributed by atoms with Gasteiger partial charge in [-0.25, -0.2) is 4.98 Å². The van der Waals surface area contributed by atoms with Gasteiger partial charge in [-0.1, -0.05) is 29.8 Å². The second-order valence-electron chi connectivity index (χ2n) is 8.04. The molecule has 0 aliphatic heterocycles. The summed E-state index contributed by atoms with van der Waals surface area (Å²) in [4.78, 5) is 6.52. The van der Waals surface area contributed by atoms with Gasteiger partial charge in [-0.3, -0.25) is 0 Å². The lowest BCUT2D eigenvalue weighted by Gasteiger charge is -2.26. The first-order chi connectivity index (χ1) is 16.5. The zero-order valence-corrected chi connectivity index (χ0v) is 20.4. The van der Waals surface area contributed by atoms with E-state index in [0.29, 0.717) is 28.8 Å². The molecule has 0 aliphatic carbocycles. The van der Waals surface area contributed by atoms with E-state index in [-0.39, 0.29) is 0 Å². The first-order valence-corrected chi connectivity index (χ1v) is 11.7. The summed E-state index contributed by atoms with van der Waals surface area (Å²) in [6, 6.07) is 21.5. The van der Waals surface area contributed by atoms with Crippen LogP contribution in [-0.4, -0.2) is 30.7 Å². The van der Waals surface area contributed by atoms with E-state index >= 15 is 0 Å². The quantitative estimate of drug-likeness (QED) is 0.344. The molecule has 0 radical (unpaired) electrons. The number of thiocarbonyl (C=S) groups is 1. The Hall–Kier alpha value is -3.60. The number of aryl methyl sites for hydroxylation is 1. The van der Waals surface area contributed by atoms with Gasteiger partial charge in [0.05, 0.1) is 24.5 Å². The van der Waals surface area contributed by atoms with E-state index in [0.717, 1.165) is 29.9 Å². The third-order valence-corrected chi connectivity index (χ3v) is 6.23. The van der Waals surface area contributed by atoms with Crippen LogP contribution in [0.15, 0.2) is 79.4 Å². The van der Waals surface area contributed by atoms with Crippen molar-refractivity contribution >= 4 is 34.6 Å². The summed E-state index contributed by atoms with van der Waals surface area (Å²) in [6.07, 6.45) is 6.56. The number of rotatable bonds is 8. The van der Waals surface area contributed by atoms with Crippen LogP contribution >= 0.6 is 23.8 Å². The highest BCUT2D eigenvalue weighted by Crippen LogP contribution is 2.17. The Labute approximate surface area is 210 Å². The van der Waals surface area contributed by atoms with Crippen LogP contribution in [0.1, 0.15) is 22.5 Å². The van der Waals surface area contributed by atoms with Gasteiger partial charge in [0.2, 0.25) is 0 Å². The Morgan fingerprint density at radius 1 is 1.15 bits per heavy atom. The highest BCUT2D eigenvalue weighted by Gasteiger charge is 2.14. The van der Waals surface area contributed by atoms with Crippen LogP contribution < -0.4 is 5.32 Å². The van der Waals surface area contributed by atoms with Crippen LogP contribution in [0, 0.1) is 11.3 Å². The molecular formula is C26H25ClN6S. The van der Waals surface area contributed by atoms with Gasteiger partial charge in [-0.05, 0) is 60.2 Å². The molecule has 6 nitrogen and oxygen atoms in total. The summed E-state index contributed by atoms with van der Waals surface area (Å²) in [5.41, 5.74) is 4.93. The van der Waals surface area contributed by atoms with Crippen molar-refractivity contribution in [3.05, 3.63) is 107 Å². The predicted molar refractivity (Wildman–Crippen MR) is 140 cm³/mol. The van der Waals surface area contributed by atoms with Crippen LogP contribution in [0.25, 0.3) is 0 Å². The molecule has 1 N–H and O–H groups in total. The van der Waals surface area contributed by atoms with E-state index in [9.17, 15) is 0 Å². The Balaban J connectivity index is 1.47. The number of hydrogen-bond acceptors (Lipinski definition) is 3. The van der Waals surface area contributed by atoms with E-state index in [4.69, 9.17) is 29.1 Å². The van der Waals surface area contributed by atoms with E-state index < -0.39 is 0 Å². The molecule has 2 aromatic carbocycles. The minimum Gasteiger partial charge on any atom is -0.353 e. The standard InChI is InChI=1S/C26H25ClN6S/c1-31-12-3-6-25(31)18-32(26(34)30-23-5-2-4-22(27)14-23)13-11-24-16-29-19-33(24)17-21-9-7-20(15-28)8-10-21/h2-10,12,14,16,19H,11,13,17-18H2,1H3,(H,30,34). The molecule has 0 amide bonds. The lowest BCUT2D eigenvalue weighted by molar-refractivity contribution is 0.407. The fraction of sp³-hybridized carbons (Fsp3) is 0.192. The first kappa shape index (κ1) is 23.6. The smallest absolute Gasteiger partial charge is 0.173 e. The lowest BCUT2D eigenvalue weighted by atomic mass is 10.1. The number of anilines is 1. The highest BCUT2D eigenvalue weighted by molar-refractivity contribution is 7.80. The molecule has 172 valence electrons. The molecule has 4 aromatic rings. The predicted octanol–water partition coefficient (Wildman–Crippen LogP) is 5.24. The van der Waals surface area contributed by atoms with Crippen molar-refractivity contribution in [2.45, 2.75) is 19.5 Å². The summed E-state index contributed by atoms with van der Waals surface area (Å²) < 4.78 is 4.24. The van der Waals surface area contributed by atoms with Gasteiger partial charge in [-0.2, -0.15) is 5.26 Å². The van der Waals surface area contributed by atoms with Crippen LogP contribution in [0.4, 0.5) is 5.69 Å². The monoisotopic (exact) mass is 488 g/mol. The number of nitrogens with one attached hydrogen (secondary N) is 1. The van der Waals surface area contributed by atoms with Crippen molar-refractivity contribution in [3.63, 3.8) is 0 Å². The molecule has 2 heterocycles. The number of nitriles is 1. The van der Waals surface area contributed by atoms with E-state index in [1.54, 1.807) is 0 Å². The average Bonchev–Trinajstić information content (AvgIpc) is 3.45. The van der Waals surface area contributed by atoms with Gasteiger partial charge in [0.25, 0.3) is 0 Å². The molecule has 2 aromatic heterocycles. The minimum absolute atomic E-state index is 0.640. The minimum atomic E-state index is 0.640. The zero-order valence-electron chi connectivity index (χ0n) is 18.9. The number of aromatic nitrogens is 3. The summed E-state index contributed by atoms with van der Waals surface area (Å²) in [5, 5.41) is 13.6. The highest BCUT2D eigenvalue weighted by atomic mass is 35.5. The maximum Gasteiger partial charge on any atom is 0.173 e. The number of halogens is 1. The molecule has 0 saturated heterocycles. The van der Waals surface area contributed by atoms with Crippen LogP contribution in [0.2, 0.25) is 5.02 Å². The summed E-state index contributed by atoms with van der Waals surface area (Å²) in [5.74, 6) is 0. The normalized spacial score (nSPS) is 10.6. The number of hydrogen-bond donors (Lipinski definition) is 1. The van der Waals surface area contributed by atoms with Crippen molar-refractivity contribution < 1.29 is 0 Å². The van der Waals surface area contributed by atoms with Gasteiger partial charge in [-0.15, -0.1) is 0 Å². The van der Waals surface area contributed by atoms with E-state index in [1.807, 2.05) is 80.4 Å². The third-order valence-electron chi connectivity index (χ3n) is 5.64. The number of imidazole rings is 1. The van der Waals surface area contributed by atoms with Crippen molar-refractivity contribution in [1.82, 2.24) is 19.0 Å². The molecule has 4 rings (SSSR count). The largest absolute Gasteiger partial charge is 0.353 e. The number of nitrogens with zero attached hydrogens (tertiary/aromatic N) is 5. The van der Waals surface area contributed by atoms with Crippen LogP contribution in [0.5, 0.6) is 0 Å². The van der Waals surface area contributed by atoms with Crippen molar-refractivity contribution in [2.75, 3.05) is 11.9 Å².